The van der Waals surface area contributed by atoms with Gasteiger partial charge in [-0.25, -0.2) is 4.79 Å². The van der Waals surface area contributed by atoms with E-state index in [4.69, 9.17) is 16.3 Å². The second kappa shape index (κ2) is 6.59. The van der Waals surface area contributed by atoms with Gasteiger partial charge in [0.1, 0.15) is 5.75 Å². The van der Waals surface area contributed by atoms with E-state index in [1.807, 2.05) is 6.92 Å². The predicted octanol–water partition coefficient (Wildman–Crippen LogP) is 3.88. The van der Waals surface area contributed by atoms with Gasteiger partial charge in [-0.1, -0.05) is 19.4 Å². The zero-order valence-electron chi connectivity index (χ0n) is 11.6. The number of carbonyl (C=O) groups excluding carboxylic acids is 2. The maximum Gasteiger partial charge on any atom is 0.338 e. The van der Waals surface area contributed by atoms with Crippen LogP contribution in [0.4, 0.5) is 0 Å². The molecule has 0 atom stereocenters. The summed E-state index contributed by atoms with van der Waals surface area (Å²) in [6, 6.07) is 7.83. The molecule has 0 heterocycles. The summed E-state index contributed by atoms with van der Waals surface area (Å²) in [5.41, 5.74) is 0.415. The average Bonchev–Trinajstić information content (AvgIpc) is 2.46. The minimum absolute atomic E-state index is 0.0145. The lowest BCUT2D eigenvalue weighted by Gasteiger charge is -2.07. The van der Waals surface area contributed by atoms with E-state index in [0.29, 0.717) is 22.9 Å². The molecule has 0 bridgehead atoms. The van der Waals surface area contributed by atoms with E-state index in [-0.39, 0.29) is 11.3 Å². The van der Waals surface area contributed by atoms with Crippen LogP contribution in [0.25, 0.3) is 10.8 Å². The Labute approximate surface area is 127 Å². The number of carbonyl (C=O) groups is 2. The van der Waals surface area contributed by atoms with Gasteiger partial charge in [-0.3, -0.25) is 4.79 Å². The Bertz CT molecular complexity index is 694. The minimum atomic E-state index is -0.745. The highest BCUT2D eigenvalue weighted by Gasteiger charge is 2.12. The van der Waals surface area contributed by atoms with Crippen molar-refractivity contribution in [3.05, 3.63) is 41.5 Å². The first kappa shape index (κ1) is 15.3. The number of phenolic OH excluding ortho intramolecular Hbond substituents is 1. The van der Waals surface area contributed by atoms with Gasteiger partial charge in [-0.2, -0.15) is 0 Å². The van der Waals surface area contributed by atoms with E-state index in [2.05, 4.69) is 0 Å². The number of aromatic hydroxyl groups is 1. The first-order chi connectivity index (χ1) is 10.0. The van der Waals surface area contributed by atoms with Crippen LogP contribution in [0.15, 0.2) is 30.3 Å². The quantitative estimate of drug-likeness (QED) is 0.517. The standard InChI is InChI=1S/C16H15ClO4/c1-2-3-6-21-16(20)11-5-4-10-9-14(18)13(15(17)19)8-12(10)7-11/h4-5,7-9,18H,2-3,6H2,1H3. The molecule has 2 rings (SSSR count). The first-order valence-electron chi connectivity index (χ1n) is 6.66. The van der Waals surface area contributed by atoms with Crippen molar-refractivity contribution in [3.8, 4) is 5.75 Å². The van der Waals surface area contributed by atoms with Gasteiger partial charge >= 0.3 is 5.97 Å². The number of ether oxygens (including phenoxy) is 1. The molecular formula is C16H15ClO4. The smallest absolute Gasteiger partial charge is 0.338 e. The number of halogens is 1. The molecule has 1 N–H and O–H groups in total. The van der Waals surface area contributed by atoms with Crippen LogP contribution in [0.1, 0.15) is 40.5 Å². The van der Waals surface area contributed by atoms with Crippen molar-refractivity contribution < 1.29 is 19.4 Å². The van der Waals surface area contributed by atoms with Crippen molar-refractivity contribution in [2.24, 2.45) is 0 Å². The summed E-state index contributed by atoms with van der Waals surface area (Å²) in [4.78, 5) is 23.1. The third-order valence-electron chi connectivity index (χ3n) is 3.13. The molecule has 110 valence electrons. The Balaban J connectivity index is 2.34. The van der Waals surface area contributed by atoms with Gasteiger partial charge in [-0.15, -0.1) is 0 Å². The molecule has 0 spiro atoms. The van der Waals surface area contributed by atoms with Gasteiger partial charge in [0, 0.05) is 0 Å². The van der Waals surface area contributed by atoms with Crippen LogP contribution in [0, 0.1) is 0 Å². The third kappa shape index (κ3) is 3.52. The maximum absolute atomic E-state index is 11.9. The van der Waals surface area contributed by atoms with Crippen LogP contribution in [-0.2, 0) is 4.74 Å². The molecule has 0 aliphatic rings. The Hall–Kier alpha value is -2.07. The summed E-state index contributed by atoms with van der Waals surface area (Å²) in [6.45, 7) is 2.40. The minimum Gasteiger partial charge on any atom is -0.507 e. The van der Waals surface area contributed by atoms with Gasteiger partial charge in [-0.05, 0) is 53.1 Å². The van der Waals surface area contributed by atoms with Crippen molar-refractivity contribution in [3.63, 3.8) is 0 Å². The topological polar surface area (TPSA) is 63.6 Å². The fourth-order valence-corrected chi connectivity index (χ4v) is 2.11. The Morgan fingerprint density at radius 2 is 1.95 bits per heavy atom. The van der Waals surface area contributed by atoms with Gasteiger partial charge in [0.05, 0.1) is 17.7 Å². The first-order valence-corrected chi connectivity index (χ1v) is 7.04. The monoisotopic (exact) mass is 306 g/mol. The number of benzene rings is 2. The Kier molecular flexibility index (Phi) is 4.81. The molecule has 0 aliphatic carbocycles. The van der Waals surface area contributed by atoms with Crippen molar-refractivity contribution >= 4 is 33.6 Å². The highest BCUT2D eigenvalue weighted by atomic mass is 35.5. The van der Waals surface area contributed by atoms with Crippen LogP contribution in [0.5, 0.6) is 5.75 Å². The molecule has 0 aliphatic heterocycles. The lowest BCUT2D eigenvalue weighted by Crippen LogP contribution is -2.06. The predicted molar refractivity (Wildman–Crippen MR) is 81.0 cm³/mol. The second-order valence-corrected chi connectivity index (χ2v) is 5.04. The van der Waals surface area contributed by atoms with Gasteiger partial charge < -0.3 is 9.84 Å². The van der Waals surface area contributed by atoms with E-state index >= 15 is 0 Å². The van der Waals surface area contributed by atoms with E-state index in [1.54, 1.807) is 18.2 Å². The SMILES string of the molecule is CCCCOC(=O)c1ccc2cc(O)c(C(=O)Cl)cc2c1. The number of rotatable bonds is 5. The maximum atomic E-state index is 11.9. The van der Waals surface area contributed by atoms with Crippen LogP contribution < -0.4 is 0 Å². The molecular weight excluding hydrogens is 292 g/mol. The van der Waals surface area contributed by atoms with Crippen molar-refractivity contribution in [1.82, 2.24) is 0 Å². The van der Waals surface area contributed by atoms with Crippen LogP contribution in [0.2, 0.25) is 0 Å². The molecule has 2 aromatic carbocycles. The Morgan fingerprint density at radius 1 is 1.19 bits per heavy atom. The molecule has 2 aromatic rings. The molecule has 0 radical (unpaired) electrons. The van der Waals surface area contributed by atoms with Crippen molar-refractivity contribution in [2.45, 2.75) is 19.8 Å². The fraction of sp³-hybridized carbons (Fsp3) is 0.250. The van der Waals surface area contributed by atoms with E-state index < -0.39 is 11.2 Å². The summed E-state index contributed by atoms with van der Waals surface area (Å²) >= 11 is 5.41. The van der Waals surface area contributed by atoms with Crippen molar-refractivity contribution in [1.29, 1.82) is 0 Å². The van der Waals surface area contributed by atoms with E-state index in [1.165, 1.54) is 12.1 Å². The molecule has 4 nitrogen and oxygen atoms in total. The summed E-state index contributed by atoms with van der Waals surface area (Å²) in [7, 11) is 0. The van der Waals surface area contributed by atoms with Crippen molar-refractivity contribution in [2.75, 3.05) is 6.61 Å². The van der Waals surface area contributed by atoms with Crippen LogP contribution >= 0.6 is 11.6 Å². The van der Waals surface area contributed by atoms with Gasteiger partial charge in [0.25, 0.3) is 5.24 Å². The molecule has 0 amide bonds. The van der Waals surface area contributed by atoms with Crippen LogP contribution in [-0.4, -0.2) is 22.9 Å². The largest absolute Gasteiger partial charge is 0.507 e. The lowest BCUT2D eigenvalue weighted by molar-refractivity contribution is 0.0500. The second-order valence-electron chi connectivity index (χ2n) is 4.69. The van der Waals surface area contributed by atoms with Gasteiger partial charge in [0.2, 0.25) is 0 Å². The molecule has 0 fully saturated rings. The summed E-state index contributed by atoms with van der Waals surface area (Å²) in [5, 5.41) is 10.3. The number of unbranched alkanes of at least 4 members (excludes halogenated alkanes) is 1. The van der Waals surface area contributed by atoms with Crippen LogP contribution in [0.3, 0.4) is 0 Å². The number of fused-ring (bicyclic) bond motifs is 1. The van der Waals surface area contributed by atoms with E-state index in [9.17, 15) is 14.7 Å². The summed E-state index contributed by atoms with van der Waals surface area (Å²) in [6.07, 6.45) is 1.77. The normalized spacial score (nSPS) is 10.6. The number of esters is 1. The number of hydrogen-bond donors (Lipinski definition) is 1. The molecule has 21 heavy (non-hydrogen) atoms. The highest BCUT2D eigenvalue weighted by Crippen LogP contribution is 2.27. The molecule has 0 saturated heterocycles. The Morgan fingerprint density at radius 3 is 2.62 bits per heavy atom. The lowest BCUT2D eigenvalue weighted by atomic mass is 10.0. The molecule has 5 heteroatoms. The number of hydrogen-bond acceptors (Lipinski definition) is 4. The van der Waals surface area contributed by atoms with Gasteiger partial charge in [0.15, 0.2) is 0 Å². The molecule has 0 aromatic heterocycles. The third-order valence-corrected chi connectivity index (χ3v) is 3.34. The van der Waals surface area contributed by atoms with E-state index in [0.717, 1.165) is 12.8 Å². The zero-order valence-corrected chi connectivity index (χ0v) is 12.3. The average molecular weight is 307 g/mol. The molecule has 0 saturated carbocycles. The summed E-state index contributed by atoms with van der Waals surface area (Å²) < 4.78 is 5.14. The zero-order chi connectivity index (χ0) is 15.4. The fourth-order valence-electron chi connectivity index (χ4n) is 1.96. The molecule has 0 unspecified atom stereocenters. The summed E-state index contributed by atoms with van der Waals surface area (Å²) in [5.74, 6) is -0.585. The number of phenols is 1. The highest BCUT2D eigenvalue weighted by molar-refractivity contribution is 6.68.